The van der Waals surface area contributed by atoms with Crippen LogP contribution in [0.2, 0.25) is 0 Å². The quantitative estimate of drug-likeness (QED) is 0.310. The largest absolute Gasteiger partial charge is 0.480 e. The predicted molar refractivity (Wildman–Crippen MR) is 60.5 cm³/mol. The summed E-state index contributed by atoms with van der Waals surface area (Å²) in [5.41, 5.74) is 10.7. The summed E-state index contributed by atoms with van der Waals surface area (Å²) in [6.45, 7) is 0. The molecule has 0 aliphatic carbocycles. The lowest BCUT2D eigenvalue weighted by atomic mass is 10.4. The fourth-order valence-electron chi connectivity index (χ4n) is 0.534. The molecule has 0 aliphatic rings. The molecule has 0 fully saturated rings. The van der Waals surface area contributed by atoms with Crippen molar-refractivity contribution in [1.82, 2.24) is 0 Å². The van der Waals surface area contributed by atoms with E-state index in [4.69, 9.17) is 16.6 Å². The Morgan fingerprint density at radius 1 is 1.27 bits per heavy atom. The van der Waals surface area contributed by atoms with E-state index >= 15 is 0 Å². The molecular formula is C7H14N2O4S2. The molecule has 0 amide bonds. The molecule has 0 aromatic heterocycles. The summed E-state index contributed by atoms with van der Waals surface area (Å²) in [5.74, 6) is -0.886. The normalized spacial score (nSPS) is 14.3. The summed E-state index contributed by atoms with van der Waals surface area (Å²) in [7, 11) is 3.83. The van der Waals surface area contributed by atoms with E-state index in [1.165, 1.54) is 28.7 Å². The SMILES string of the molecule is COC(=O)[C@@H](N)CSSCC(N)C(=O)O. The van der Waals surface area contributed by atoms with Gasteiger partial charge in [-0.2, -0.15) is 0 Å². The van der Waals surface area contributed by atoms with Gasteiger partial charge in [-0.05, 0) is 0 Å². The van der Waals surface area contributed by atoms with E-state index in [0.717, 1.165) is 0 Å². The van der Waals surface area contributed by atoms with Gasteiger partial charge < -0.3 is 21.3 Å². The van der Waals surface area contributed by atoms with Crippen molar-refractivity contribution < 1.29 is 19.4 Å². The Balaban J connectivity index is 3.54. The smallest absolute Gasteiger partial charge is 0.323 e. The van der Waals surface area contributed by atoms with Crippen LogP contribution in [0.15, 0.2) is 0 Å². The topological polar surface area (TPSA) is 116 Å². The van der Waals surface area contributed by atoms with E-state index in [9.17, 15) is 9.59 Å². The van der Waals surface area contributed by atoms with Crippen LogP contribution in [0.1, 0.15) is 0 Å². The van der Waals surface area contributed by atoms with E-state index in [-0.39, 0.29) is 5.75 Å². The molecule has 2 atom stereocenters. The van der Waals surface area contributed by atoms with E-state index < -0.39 is 24.0 Å². The number of esters is 1. The number of methoxy groups -OCH3 is 1. The van der Waals surface area contributed by atoms with Crippen molar-refractivity contribution in [3.8, 4) is 0 Å². The lowest BCUT2D eigenvalue weighted by molar-refractivity contribution is -0.141. The zero-order chi connectivity index (χ0) is 11.8. The van der Waals surface area contributed by atoms with Crippen molar-refractivity contribution >= 4 is 33.5 Å². The zero-order valence-corrected chi connectivity index (χ0v) is 9.85. The second-order valence-corrected chi connectivity index (χ2v) is 5.20. The summed E-state index contributed by atoms with van der Waals surface area (Å²) < 4.78 is 4.42. The first-order valence-electron chi connectivity index (χ1n) is 4.05. The van der Waals surface area contributed by atoms with Crippen molar-refractivity contribution in [3.63, 3.8) is 0 Å². The highest BCUT2D eigenvalue weighted by molar-refractivity contribution is 8.76. The third kappa shape index (κ3) is 6.61. The molecule has 0 aromatic carbocycles. The molecule has 0 saturated heterocycles. The molecule has 0 aliphatic heterocycles. The second-order valence-electron chi connectivity index (χ2n) is 2.64. The van der Waals surface area contributed by atoms with Crippen molar-refractivity contribution in [3.05, 3.63) is 0 Å². The number of carboxylic acids is 1. The number of carboxylic acid groups (broad SMARTS) is 1. The van der Waals surface area contributed by atoms with E-state index in [1.54, 1.807) is 0 Å². The van der Waals surface area contributed by atoms with E-state index in [0.29, 0.717) is 5.75 Å². The molecule has 0 spiro atoms. The molecule has 0 rings (SSSR count). The Morgan fingerprint density at radius 3 is 2.13 bits per heavy atom. The number of carbonyl (C=O) groups is 2. The van der Waals surface area contributed by atoms with Crippen LogP contribution in [0.5, 0.6) is 0 Å². The number of ether oxygens (including phenoxy) is 1. The van der Waals surface area contributed by atoms with Gasteiger partial charge in [-0.25, -0.2) is 0 Å². The average molecular weight is 254 g/mol. The van der Waals surface area contributed by atoms with Gasteiger partial charge in [-0.3, -0.25) is 9.59 Å². The summed E-state index contributed by atoms with van der Waals surface area (Å²) in [4.78, 5) is 21.2. The molecule has 0 aromatic rings. The molecule has 15 heavy (non-hydrogen) atoms. The van der Waals surface area contributed by atoms with Crippen LogP contribution in [0.3, 0.4) is 0 Å². The molecule has 0 radical (unpaired) electrons. The van der Waals surface area contributed by atoms with Gasteiger partial charge in [0.05, 0.1) is 7.11 Å². The molecule has 8 heteroatoms. The Bertz CT molecular complexity index is 227. The summed E-state index contributed by atoms with van der Waals surface area (Å²) in [6, 6.07) is -1.58. The molecule has 0 saturated carbocycles. The fourth-order valence-corrected chi connectivity index (χ4v) is 2.75. The van der Waals surface area contributed by atoms with Crippen LogP contribution in [-0.2, 0) is 14.3 Å². The molecule has 5 N–H and O–H groups in total. The third-order valence-corrected chi connectivity index (χ3v) is 3.87. The zero-order valence-electron chi connectivity index (χ0n) is 8.21. The number of hydrogen-bond acceptors (Lipinski definition) is 7. The Kier molecular flexibility index (Phi) is 7.57. The Hall–Kier alpha value is -0.440. The molecule has 88 valence electrons. The maximum absolute atomic E-state index is 10.9. The van der Waals surface area contributed by atoms with Gasteiger partial charge in [0, 0.05) is 11.5 Å². The van der Waals surface area contributed by atoms with Crippen LogP contribution in [-0.4, -0.2) is 47.7 Å². The maximum Gasteiger partial charge on any atom is 0.323 e. The molecular weight excluding hydrogens is 240 g/mol. The number of nitrogens with two attached hydrogens (primary N) is 2. The predicted octanol–water partition coefficient (Wildman–Crippen LogP) is -0.720. The lowest BCUT2D eigenvalue weighted by Gasteiger charge is -2.09. The fraction of sp³-hybridized carbons (Fsp3) is 0.714. The highest BCUT2D eigenvalue weighted by Crippen LogP contribution is 2.22. The van der Waals surface area contributed by atoms with Crippen LogP contribution < -0.4 is 11.5 Å². The van der Waals surface area contributed by atoms with Gasteiger partial charge in [0.25, 0.3) is 0 Å². The van der Waals surface area contributed by atoms with E-state index in [2.05, 4.69) is 4.74 Å². The van der Waals surface area contributed by atoms with Gasteiger partial charge in [0.1, 0.15) is 12.1 Å². The minimum atomic E-state index is -1.04. The van der Waals surface area contributed by atoms with Gasteiger partial charge in [0.15, 0.2) is 0 Å². The van der Waals surface area contributed by atoms with Gasteiger partial charge in [0.2, 0.25) is 0 Å². The first-order chi connectivity index (χ1) is 6.99. The Labute approximate surface area is 95.5 Å². The molecule has 1 unspecified atom stereocenters. The van der Waals surface area contributed by atoms with Crippen LogP contribution in [0.25, 0.3) is 0 Å². The standard InChI is InChI=1S/C7H14N2O4S2/c1-13-7(12)5(9)3-15-14-2-4(8)6(10)11/h4-5H,2-3,8-9H2,1H3,(H,10,11)/t4?,5-/m0/s1. The van der Waals surface area contributed by atoms with Crippen LogP contribution >= 0.6 is 21.6 Å². The molecule has 6 nitrogen and oxygen atoms in total. The van der Waals surface area contributed by atoms with Gasteiger partial charge in [-0.15, -0.1) is 0 Å². The minimum absolute atomic E-state index is 0.272. The van der Waals surface area contributed by atoms with Gasteiger partial charge >= 0.3 is 11.9 Å². The lowest BCUT2D eigenvalue weighted by Crippen LogP contribution is -2.34. The number of hydrogen-bond donors (Lipinski definition) is 3. The molecule has 0 bridgehead atoms. The van der Waals surface area contributed by atoms with Crippen molar-refractivity contribution in [1.29, 1.82) is 0 Å². The van der Waals surface area contributed by atoms with Crippen LogP contribution in [0, 0.1) is 0 Å². The highest BCUT2D eigenvalue weighted by atomic mass is 33.1. The molecule has 0 heterocycles. The van der Waals surface area contributed by atoms with Crippen molar-refractivity contribution in [2.24, 2.45) is 11.5 Å². The number of aliphatic carboxylic acids is 1. The summed E-state index contributed by atoms with van der Waals surface area (Å²) >= 11 is 0. The second kappa shape index (κ2) is 7.80. The maximum atomic E-state index is 10.9. The highest BCUT2D eigenvalue weighted by Gasteiger charge is 2.15. The number of rotatable bonds is 7. The van der Waals surface area contributed by atoms with Gasteiger partial charge in [-0.1, -0.05) is 21.6 Å². The first-order valence-corrected chi connectivity index (χ1v) is 6.54. The number of carbonyl (C=O) groups excluding carboxylic acids is 1. The summed E-state index contributed by atoms with van der Waals surface area (Å²) in [5, 5.41) is 8.47. The van der Waals surface area contributed by atoms with Crippen molar-refractivity contribution in [2.75, 3.05) is 18.6 Å². The van der Waals surface area contributed by atoms with E-state index in [1.807, 2.05) is 0 Å². The monoisotopic (exact) mass is 254 g/mol. The average Bonchev–Trinajstić information content (AvgIpc) is 2.22. The summed E-state index contributed by atoms with van der Waals surface area (Å²) in [6.07, 6.45) is 0. The third-order valence-electron chi connectivity index (χ3n) is 1.40. The van der Waals surface area contributed by atoms with Crippen molar-refractivity contribution in [2.45, 2.75) is 12.1 Å². The first kappa shape index (κ1) is 14.6. The Morgan fingerprint density at radius 2 is 1.73 bits per heavy atom. The minimum Gasteiger partial charge on any atom is -0.480 e. The van der Waals surface area contributed by atoms with Crippen LogP contribution in [0.4, 0.5) is 0 Å².